The molecule has 0 unspecified atom stereocenters. The molecule has 1 N–H and O–H groups in total. The number of sulfonamides is 1. The standard InChI is InChI=1S/C21H19F2N3O3S/c1-30(27,28)25-15-6-4-14(5-7-15)20-18(11-24)17-9-8-16(29-21(22)23)10-19(17)26(20)12-13-2-3-13/h4-10,13,21,25H,2-3,12H2,1H3. The van der Waals surface area contributed by atoms with Gasteiger partial charge in [-0.1, -0.05) is 12.1 Å². The van der Waals surface area contributed by atoms with E-state index < -0.39 is 16.6 Å². The summed E-state index contributed by atoms with van der Waals surface area (Å²) in [4.78, 5) is 0. The lowest BCUT2D eigenvalue weighted by atomic mass is 10.1. The van der Waals surface area contributed by atoms with Crippen LogP contribution >= 0.6 is 0 Å². The summed E-state index contributed by atoms with van der Waals surface area (Å²) in [5.74, 6) is 0.507. The normalized spacial score (nSPS) is 14.1. The molecule has 156 valence electrons. The molecule has 1 aromatic heterocycles. The molecule has 1 fully saturated rings. The number of ether oxygens (including phenoxy) is 1. The minimum absolute atomic E-state index is 0.0378. The Morgan fingerprint density at radius 3 is 2.50 bits per heavy atom. The smallest absolute Gasteiger partial charge is 0.387 e. The quantitative estimate of drug-likeness (QED) is 0.594. The molecule has 2 aromatic carbocycles. The van der Waals surface area contributed by atoms with Crippen molar-refractivity contribution in [2.45, 2.75) is 26.0 Å². The monoisotopic (exact) mass is 431 g/mol. The largest absolute Gasteiger partial charge is 0.435 e. The maximum Gasteiger partial charge on any atom is 0.387 e. The van der Waals surface area contributed by atoms with E-state index in [-0.39, 0.29) is 5.75 Å². The minimum Gasteiger partial charge on any atom is -0.435 e. The SMILES string of the molecule is CS(=O)(=O)Nc1ccc(-c2c(C#N)c3ccc(OC(F)F)cc3n2CC2CC2)cc1. The van der Waals surface area contributed by atoms with Crippen LogP contribution in [0.15, 0.2) is 42.5 Å². The zero-order valence-electron chi connectivity index (χ0n) is 16.1. The lowest BCUT2D eigenvalue weighted by molar-refractivity contribution is -0.0497. The second-order valence-corrected chi connectivity index (χ2v) is 9.15. The topological polar surface area (TPSA) is 84.1 Å². The lowest BCUT2D eigenvalue weighted by Gasteiger charge is -2.12. The molecule has 0 bridgehead atoms. The molecule has 1 aliphatic carbocycles. The maximum absolute atomic E-state index is 12.7. The number of fused-ring (bicyclic) bond motifs is 1. The first-order valence-corrected chi connectivity index (χ1v) is 11.2. The highest BCUT2D eigenvalue weighted by Gasteiger charge is 2.27. The molecule has 9 heteroatoms. The van der Waals surface area contributed by atoms with Crippen molar-refractivity contribution in [3.05, 3.63) is 48.0 Å². The second-order valence-electron chi connectivity index (χ2n) is 7.40. The van der Waals surface area contributed by atoms with Gasteiger partial charge in [0, 0.05) is 23.7 Å². The molecule has 4 rings (SSSR count). The maximum atomic E-state index is 12.7. The summed E-state index contributed by atoms with van der Waals surface area (Å²) in [5.41, 5.74) is 2.93. The van der Waals surface area contributed by atoms with Crippen molar-refractivity contribution < 1.29 is 21.9 Å². The number of alkyl halides is 2. The highest BCUT2D eigenvalue weighted by Crippen LogP contribution is 2.39. The number of anilines is 1. The Morgan fingerprint density at radius 2 is 1.93 bits per heavy atom. The van der Waals surface area contributed by atoms with Gasteiger partial charge in [-0.2, -0.15) is 14.0 Å². The number of halogens is 2. The van der Waals surface area contributed by atoms with Crippen LogP contribution in [-0.2, 0) is 16.6 Å². The van der Waals surface area contributed by atoms with Crippen molar-refractivity contribution in [2.24, 2.45) is 5.92 Å². The van der Waals surface area contributed by atoms with E-state index in [1.807, 2.05) is 4.57 Å². The summed E-state index contributed by atoms with van der Waals surface area (Å²) >= 11 is 0. The zero-order chi connectivity index (χ0) is 21.5. The highest BCUT2D eigenvalue weighted by atomic mass is 32.2. The number of hydrogen-bond acceptors (Lipinski definition) is 4. The molecule has 30 heavy (non-hydrogen) atoms. The van der Waals surface area contributed by atoms with Crippen molar-refractivity contribution in [1.29, 1.82) is 5.26 Å². The van der Waals surface area contributed by atoms with Gasteiger partial charge < -0.3 is 9.30 Å². The molecule has 0 saturated heterocycles. The Morgan fingerprint density at radius 1 is 1.23 bits per heavy atom. The molecule has 0 atom stereocenters. The summed E-state index contributed by atoms with van der Waals surface area (Å²) < 4.78 is 57.2. The van der Waals surface area contributed by atoms with Gasteiger partial charge in [0.2, 0.25) is 10.0 Å². The number of aromatic nitrogens is 1. The average Bonchev–Trinajstić information content (AvgIpc) is 3.43. The van der Waals surface area contributed by atoms with Gasteiger partial charge in [-0.15, -0.1) is 0 Å². The van der Waals surface area contributed by atoms with Crippen LogP contribution in [0.4, 0.5) is 14.5 Å². The predicted molar refractivity (Wildman–Crippen MR) is 110 cm³/mol. The lowest BCUT2D eigenvalue weighted by Crippen LogP contribution is -2.09. The number of rotatable bonds is 7. The van der Waals surface area contributed by atoms with Crippen molar-refractivity contribution in [2.75, 3.05) is 11.0 Å². The van der Waals surface area contributed by atoms with Crippen molar-refractivity contribution in [1.82, 2.24) is 4.57 Å². The molecule has 0 amide bonds. The first kappa shape index (κ1) is 20.2. The summed E-state index contributed by atoms with van der Waals surface area (Å²) in [5, 5.41) is 10.5. The summed E-state index contributed by atoms with van der Waals surface area (Å²) in [7, 11) is -3.40. The van der Waals surface area contributed by atoms with E-state index in [1.54, 1.807) is 30.3 Å². The molecule has 3 aromatic rings. The molecular formula is C21H19F2N3O3S. The Balaban J connectivity index is 1.86. The molecule has 1 saturated carbocycles. The number of hydrogen-bond donors (Lipinski definition) is 1. The summed E-state index contributed by atoms with van der Waals surface area (Å²) in [6, 6.07) is 13.6. The van der Waals surface area contributed by atoms with Crippen LogP contribution in [-0.4, -0.2) is 25.9 Å². The van der Waals surface area contributed by atoms with Crippen LogP contribution in [0, 0.1) is 17.2 Å². The van der Waals surface area contributed by atoms with E-state index in [2.05, 4.69) is 15.5 Å². The molecule has 6 nitrogen and oxygen atoms in total. The molecular weight excluding hydrogens is 412 g/mol. The Hall–Kier alpha value is -3.12. The van der Waals surface area contributed by atoms with Crippen LogP contribution in [0.5, 0.6) is 5.75 Å². The first-order chi connectivity index (χ1) is 14.2. The van der Waals surface area contributed by atoms with E-state index in [4.69, 9.17) is 0 Å². The molecule has 0 radical (unpaired) electrons. The van der Waals surface area contributed by atoms with E-state index in [9.17, 15) is 22.5 Å². The summed E-state index contributed by atoms with van der Waals surface area (Å²) in [6.45, 7) is -2.27. The van der Waals surface area contributed by atoms with E-state index in [0.29, 0.717) is 40.3 Å². The minimum atomic E-state index is -3.40. The van der Waals surface area contributed by atoms with Gasteiger partial charge in [-0.25, -0.2) is 8.42 Å². The van der Waals surface area contributed by atoms with Crippen molar-refractivity contribution in [3.8, 4) is 23.1 Å². The number of nitrogens with zero attached hydrogens (tertiary/aromatic N) is 2. The summed E-state index contributed by atoms with van der Waals surface area (Å²) in [6.07, 6.45) is 3.22. The fourth-order valence-electron chi connectivity index (χ4n) is 3.58. The highest BCUT2D eigenvalue weighted by molar-refractivity contribution is 7.92. The van der Waals surface area contributed by atoms with E-state index in [0.717, 1.165) is 24.7 Å². The second kappa shape index (κ2) is 7.61. The van der Waals surface area contributed by atoms with Gasteiger partial charge in [0.05, 0.1) is 23.0 Å². The van der Waals surface area contributed by atoms with Gasteiger partial charge in [0.25, 0.3) is 0 Å². The number of nitriles is 1. The van der Waals surface area contributed by atoms with Crippen LogP contribution in [0.25, 0.3) is 22.2 Å². The predicted octanol–water partition coefficient (Wildman–Crippen LogP) is 4.56. The molecule has 1 heterocycles. The molecule has 0 spiro atoms. The third kappa shape index (κ3) is 4.24. The number of nitrogens with one attached hydrogen (secondary N) is 1. The van der Waals surface area contributed by atoms with Gasteiger partial charge in [0.15, 0.2) is 0 Å². The molecule has 0 aliphatic heterocycles. The van der Waals surface area contributed by atoms with Crippen LogP contribution < -0.4 is 9.46 Å². The third-order valence-electron chi connectivity index (χ3n) is 4.97. The van der Waals surface area contributed by atoms with Crippen molar-refractivity contribution >= 4 is 26.6 Å². The Kier molecular flexibility index (Phi) is 5.12. The van der Waals surface area contributed by atoms with E-state index >= 15 is 0 Å². The van der Waals surface area contributed by atoms with Crippen LogP contribution in [0.1, 0.15) is 18.4 Å². The fraction of sp³-hybridized carbons (Fsp3) is 0.286. The van der Waals surface area contributed by atoms with Gasteiger partial charge in [-0.3, -0.25) is 4.72 Å². The zero-order valence-corrected chi connectivity index (χ0v) is 16.9. The number of benzene rings is 2. The third-order valence-corrected chi connectivity index (χ3v) is 5.58. The fourth-order valence-corrected chi connectivity index (χ4v) is 4.14. The Bertz CT molecular complexity index is 1240. The van der Waals surface area contributed by atoms with Crippen LogP contribution in [0.2, 0.25) is 0 Å². The Labute approximate surface area is 172 Å². The van der Waals surface area contributed by atoms with Gasteiger partial charge in [-0.05, 0) is 48.6 Å². The first-order valence-electron chi connectivity index (χ1n) is 9.34. The van der Waals surface area contributed by atoms with Crippen molar-refractivity contribution in [3.63, 3.8) is 0 Å². The van der Waals surface area contributed by atoms with Gasteiger partial charge >= 0.3 is 6.61 Å². The van der Waals surface area contributed by atoms with Crippen LogP contribution in [0.3, 0.4) is 0 Å². The van der Waals surface area contributed by atoms with Gasteiger partial charge in [0.1, 0.15) is 11.8 Å². The average molecular weight is 431 g/mol. The van der Waals surface area contributed by atoms with E-state index in [1.165, 1.54) is 12.1 Å². The molecule has 1 aliphatic rings.